The summed E-state index contributed by atoms with van der Waals surface area (Å²) in [7, 11) is 0. The molecule has 1 heterocycles. The van der Waals surface area contributed by atoms with Crippen molar-refractivity contribution in [3.05, 3.63) is 21.4 Å². The summed E-state index contributed by atoms with van der Waals surface area (Å²) < 4.78 is 0. The van der Waals surface area contributed by atoms with E-state index < -0.39 is 0 Å². The molecule has 2 N–H and O–H groups in total. The first-order valence-corrected chi connectivity index (χ1v) is 5.99. The van der Waals surface area contributed by atoms with Gasteiger partial charge in [0.2, 0.25) is 0 Å². The number of hydrogen-bond donors (Lipinski definition) is 2. The molecular weight excluding hydrogens is 212 g/mol. The Morgan fingerprint density at radius 3 is 2.64 bits per heavy atom. The minimum Gasteiger partial charge on any atom is -0.363 e. The fraction of sp³-hybridized carbons (Fsp3) is 0.500. The Morgan fingerprint density at radius 1 is 1.43 bits per heavy atom. The van der Waals surface area contributed by atoms with E-state index in [1.807, 2.05) is 6.92 Å². The molecule has 0 fully saturated rings. The van der Waals surface area contributed by atoms with Crippen LogP contribution in [0, 0.1) is 13.8 Å². The fourth-order valence-corrected chi connectivity index (χ4v) is 2.24. The average Bonchev–Trinajstić information content (AvgIpc) is 2.46. The van der Waals surface area contributed by atoms with Gasteiger partial charge in [-0.2, -0.15) is 0 Å². The fourth-order valence-electron chi connectivity index (χ4n) is 1.14. The molecule has 78 valence electrons. The Morgan fingerprint density at radius 2 is 2.14 bits per heavy atom. The van der Waals surface area contributed by atoms with Gasteiger partial charge >= 0.3 is 0 Å². The van der Waals surface area contributed by atoms with Gasteiger partial charge in [-0.25, -0.2) is 0 Å². The summed E-state index contributed by atoms with van der Waals surface area (Å²) in [6.45, 7) is 8.02. The Balaban J connectivity index is 2.46. The smallest absolute Gasteiger partial charge is 0.166 e. The van der Waals surface area contributed by atoms with Crippen molar-refractivity contribution in [2.45, 2.75) is 27.3 Å². The molecular formula is C10H16N2S2. The van der Waals surface area contributed by atoms with Gasteiger partial charge in [0.25, 0.3) is 0 Å². The zero-order valence-electron chi connectivity index (χ0n) is 8.81. The summed E-state index contributed by atoms with van der Waals surface area (Å²) in [5.41, 5.74) is 2.72. The number of aryl methyl sites for hydroxylation is 1. The van der Waals surface area contributed by atoms with E-state index in [0.29, 0.717) is 0 Å². The van der Waals surface area contributed by atoms with Crippen molar-refractivity contribution in [1.29, 1.82) is 0 Å². The normalized spacial score (nSPS) is 9.93. The second kappa shape index (κ2) is 5.32. The molecule has 4 heteroatoms. The summed E-state index contributed by atoms with van der Waals surface area (Å²) in [6.07, 6.45) is 0. The number of hydrogen-bond acceptors (Lipinski definition) is 2. The molecule has 0 aliphatic rings. The van der Waals surface area contributed by atoms with E-state index in [-0.39, 0.29) is 0 Å². The molecule has 0 bridgehead atoms. The van der Waals surface area contributed by atoms with Crippen LogP contribution in [-0.4, -0.2) is 11.7 Å². The monoisotopic (exact) mass is 228 g/mol. The molecule has 0 unspecified atom stereocenters. The summed E-state index contributed by atoms with van der Waals surface area (Å²) in [4.78, 5) is 1.39. The SMILES string of the molecule is CCNC(=S)NCc1csc(C)c1C. The van der Waals surface area contributed by atoms with Crippen LogP contribution >= 0.6 is 23.6 Å². The van der Waals surface area contributed by atoms with Gasteiger partial charge in [0.15, 0.2) is 5.11 Å². The van der Waals surface area contributed by atoms with E-state index >= 15 is 0 Å². The van der Waals surface area contributed by atoms with Gasteiger partial charge in [-0.1, -0.05) is 0 Å². The van der Waals surface area contributed by atoms with Crippen molar-refractivity contribution >= 4 is 28.7 Å². The third kappa shape index (κ3) is 2.96. The Hall–Kier alpha value is -0.610. The van der Waals surface area contributed by atoms with Gasteiger partial charge in [-0.3, -0.25) is 0 Å². The third-order valence-corrected chi connectivity index (χ3v) is 3.52. The zero-order chi connectivity index (χ0) is 10.6. The molecule has 14 heavy (non-hydrogen) atoms. The molecule has 0 atom stereocenters. The molecule has 0 aliphatic carbocycles. The van der Waals surface area contributed by atoms with Crippen molar-refractivity contribution in [3.63, 3.8) is 0 Å². The maximum atomic E-state index is 5.08. The number of thiophene rings is 1. The summed E-state index contributed by atoms with van der Waals surface area (Å²) in [5.74, 6) is 0. The minimum absolute atomic E-state index is 0.732. The number of thiocarbonyl (C=S) groups is 1. The Bertz CT molecular complexity index is 318. The lowest BCUT2D eigenvalue weighted by atomic mass is 10.2. The van der Waals surface area contributed by atoms with Crippen molar-refractivity contribution < 1.29 is 0 Å². The van der Waals surface area contributed by atoms with Crippen LogP contribution in [0.5, 0.6) is 0 Å². The van der Waals surface area contributed by atoms with E-state index in [4.69, 9.17) is 12.2 Å². The van der Waals surface area contributed by atoms with Crippen LogP contribution in [0.25, 0.3) is 0 Å². The van der Waals surface area contributed by atoms with Crippen LogP contribution < -0.4 is 10.6 Å². The average molecular weight is 228 g/mol. The van der Waals surface area contributed by atoms with E-state index in [2.05, 4.69) is 29.9 Å². The number of nitrogens with one attached hydrogen (secondary N) is 2. The molecule has 0 amide bonds. The van der Waals surface area contributed by atoms with E-state index in [0.717, 1.165) is 18.2 Å². The standard InChI is InChI=1S/C10H16N2S2/c1-4-11-10(13)12-5-9-6-14-8(3)7(9)2/h6H,4-5H2,1-3H3,(H2,11,12,13). The van der Waals surface area contributed by atoms with Crippen molar-refractivity contribution in [3.8, 4) is 0 Å². The zero-order valence-corrected chi connectivity index (χ0v) is 10.4. The molecule has 0 saturated carbocycles. The highest BCUT2D eigenvalue weighted by molar-refractivity contribution is 7.80. The van der Waals surface area contributed by atoms with Crippen LogP contribution in [0.2, 0.25) is 0 Å². The van der Waals surface area contributed by atoms with Gasteiger partial charge in [0, 0.05) is 18.0 Å². The van der Waals surface area contributed by atoms with E-state index in [9.17, 15) is 0 Å². The van der Waals surface area contributed by atoms with Crippen molar-refractivity contribution in [1.82, 2.24) is 10.6 Å². The highest BCUT2D eigenvalue weighted by Gasteiger charge is 2.03. The quantitative estimate of drug-likeness (QED) is 0.777. The predicted molar refractivity (Wildman–Crippen MR) is 66.9 cm³/mol. The van der Waals surface area contributed by atoms with Crippen molar-refractivity contribution in [2.24, 2.45) is 0 Å². The molecule has 0 aliphatic heterocycles. The molecule has 1 rings (SSSR count). The molecule has 0 radical (unpaired) electrons. The third-order valence-electron chi connectivity index (χ3n) is 2.16. The largest absolute Gasteiger partial charge is 0.363 e. The van der Waals surface area contributed by atoms with Crippen LogP contribution in [0.3, 0.4) is 0 Å². The maximum absolute atomic E-state index is 5.08. The van der Waals surface area contributed by atoms with Gasteiger partial charge in [0.1, 0.15) is 0 Å². The predicted octanol–water partition coefficient (Wildman–Crippen LogP) is 2.35. The topological polar surface area (TPSA) is 24.1 Å². The molecule has 0 spiro atoms. The molecule has 2 nitrogen and oxygen atoms in total. The molecule has 0 aromatic carbocycles. The molecule has 1 aromatic heterocycles. The lowest BCUT2D eigenvalue weighted by molar-refractivity contribution is 0.852. The van der Waals surface area contributed by atoms with Crippen molar-refractivity contribution in [2.75, 3.05) is 6.54 Å². The first-order chi connectivity index (χ1) is 6.65. The Labute approximate surface area is 94.7 Å². The minimum atomic E-state index is 0.732. The highest BCUT2D eigenvalue weighted by atomic mass is 32.1. The highest BCUT2D eigenvalue weighted by Crippen LogP contribution is 2.19. The second-order valence-electron chi connectivity index (χ2n) is 3.16. The van der Waals surface area contributed by atoms with Gasteiger partial charge in [-0.15, -0.1) is 11.3 Å². The second-order valence-corrected chi connectivity index (χ2v) is 4.65. The van der Waals surface area contributed by atoms with Crippen LogP contribution in [-0.2, 0) is 6.54 Å². The summed E-state index contributed by atoms with van der Waals surface area (Å²) in [6, 6.07) is 0. The van der Waals surface area contributed by atoms with Crippen LogP contribution in [0.4, 0.5) is 0 Å². The Kier molecular flexibility index (Phi) is 4.35. The summed E-state index contributed by atoms with van der Waals surface area (Å²) in [5, 5.41) is 9.17. The number of rotatable bonds is 3. The maximum Gasteiger partial charge on any atom is 0.166 e. The van der Waals surface area contributed by atoms with E-state index in [1.165, 1.54) is 16.0 Å². The molecule has 1 aromatic rings. The van der Waals surface area contributed by atoms with Gasteiger partial charge < -0.3 is 10.6 Å². The van der Waals surface area contributed by atoms with E-state index in [1.54, 1.807) is 11.3 Å². The van der Waals surface area contributed by atoms with Crippen LogP contribution in [0.1, 0.15) is 22.9 Å². The lowest BCUT2D eigenvalue weighted by Crippen LogP contribution is -2.34. The molecule has 0 saturated heterocycles. The first kappa shape index (κ1) is 11.5. The van der Waals surface area contributed by atoms with Gasteiger partial charge in [0.05, 0.1) is 0 Å². The summed E-state index contributed by atoms with van der Waals surface area (Å²) >= 11 is 6.88. The lowest BCUT2D eigenvalue weighted by Gasteiger charge is -2.08. The van der Waals surface area contributed by atoms with Crippen LogP contribution in [0.15, 0.2) is 5.38 Å². The first-order valence-electron chi connectivity index (χ1n) is 4.70. The van der Waals surface area contributed by atoms with Gasteiger partial charge in [-0.05, 0) is 49.5 Å².